The van der Waals surface area contributed by atoms with Gasteiger partial charge >= 0.3 is 11.9 Å². The molecule has 2 aliphatic heterocycles. The average molecular weight is 945 g/mol. The van der Waals surface area contributed by atoms with Crippen molar-refractivity contribution in [3.63, 3.8) is 0 Å². The maximum Gasteiger partial charge on any atom is 0.323 e. The first kappa shape index (κ1) is 45.5. The van der Waals surface area contributed by atoms with Crippen molar-refractivity contribution >= 4 is 33.7 Å². The van der Waals surface area contributed by atoms with Crippen molar-refractivity contribution in [3.05, 3.63) is 139 Å². The van der Waals surface area contributed by atoms with Crippen molar-refractivity contribution in [1.29, 1.82) is 0 Å². The molecule has 0 aliphatic carbocycles. The number of benzene rings is 3. The number of H-pyrrole nitrogens is 2. The number of nitrogens with zero attached hydrogens (tertiary/aromatic N) is 11. The highest BCUT2D eigenvalue weighted by molar-refractivity contribution is 5.95. The molecular formula is C50H49FN14O5. The lowest BCUT2D eigenvalue weighted by molar-refractivity contribution is -0.149. The van der Waals surface area contributed by atoms with Crippen molar-refractivity contribution in [3.8, 4) is 39.6 Å². The van der Waals surface area contributed by atoms with Gasteiger partial charge in [-0.2, -0.15) is 10.2 Å². The molecule has 70 heavy (non-hydrogen) atoms. The summed E-state index contributed by atoms with van der Waals surface area (Å²) in [4.78, 5) is 34.4. The number of hydrogen-bond donors (Lipinski definition) is 3. The van der Waals surface area contributed by atoms with E-state index >= 15 is 0 Å². The lowest BCUT2D eigenvalue weighted by Gasteiger charge is -2.37. The third kappa shape index (κ3) is 9.33. The summed E-state index contributed by atoms with van der Waals surface area (Å²) in [5.41, 5.74) is 9.41. The van der Waals surface area contributed by atoms with Gasteiger partial charge in [0.05, 0.1) is 67.5 Å². The topological polar surface area (TPSA) is 222 Å². The van der Waals surface area contributed by atoms with E-state index in [0.717, 1.165) is 86.3 Å². The van der Waals surface area contributed by atoms with Gasteiger partial charge in [-0.1, -0.05) is 16.5 Å². The first-order valence-electron chi connectivity index (χ1n) is 22.8. The number of nitrogens with one attached hydrogen (secondary N) is 3. The maximum atomic E-state index is 14.8. The van der Waals surface area contributed by atoms with Crippen LogP contribution in [0.1, 0.15) is 54.5 Å². The molecule has 11 rings (SSSR count). The van der Waals surface area contributed by atoms with Gasteiger partial charge in [-0.05, 0) is 98.5 Å². The first-order chi connectivity index (χ1) is 34.3. The zero-order valence-corrected chi connectivity index (χ0v) is 38.6. The fraction of sp³-hybridized carbons (Fsp3) is 0.280. The molecule has 6 aromatic heterocycles. The molecule has 0 bridgehead atoms. The molecule has 0 radical (unpaired) electrons. The summed E-state index contributed by atoms with van der Waals surface area (Å²) in [6, 6.07) is 23.7. The minimum atomic E-state index is -0.490. The summed E-state index contributed by atoms with van der Waals surface area (Å²) in [6.07, 6.45) is 13.7. The minimum absolute atomic E-state index is 0.00235. The van der Waals surface area contributed by atoms with Crippen LogP contribution in [0.15, 0.2) is 116 Å². The summed E-state index contributed by atoms with van der Waals surface area (Å²) in [6.45, 7) is 1.36. The number of hydrogen-bond acceptors (Lipinski definition) is 15. The van der Waals surface area contributed by atoms with Crippen LogP contribution in [0, 0.1) is 5.82 Å². The van der Waals surface area contributed by atoms with Gasteiger partial charge < -0.3 is 19.5 Å². The van der Waals surface area contributed by atoms with Crippen molar-refractivity contribution in [2.45, 2.75) is 56.1 Å². The monoisotopic (exact) mass is 944 g/mol. The first-order valence-corrected chi connectivity index (χ1v) is 22.8. The van der Waals surface area contributed by atoms with Crippen LogP contribution >= 0.6 is 0 Å². The third-order valence-electron chi connectivity index (χ3n) is 13.1. The summed E-state index contributed by atoms with van der Waals surface area (Å²) in [5, 5.41) is 37.9. The smallest absolute Gasteiger partial charge is 0.323 e. The number of esters is 2. The van der Waals surface area contributed by atoms with Gasteiger partial charge in [0.25, 0.3) is 0 Å². The Kier molecular flexibility index (Phi) is 13.1. The number of halogens is 1. The summed E-state index contributed by atoms with van der Waals surface area (Å²) in [7, 11) is 4.30. The molecule has 3 N–H and O–H groups in total. The zero-order chi connectivity index (χ0) is 48.1. The highest BCUT2D eigenvalue weighted by atomic mass is 19.1. The van der Waals surface area contributed by atoms with Crippen LogP contribution in [0.4, 0.5) is 4.39 Å². The van der Waals surface area contributed by atoms with Crippen molar-refractivity contribution in [1.82, 2.24) is 70.6 Å². The Morgan fingerprint density at radius 1 is 0.686 bits per heavy atom. The van der Waals surface area contributed by atoms with Crippen LogP contribution in [0.25, 0.3) is 55.7 Å². The molecule has 3 aromatic carbocycles. The van der Waals surface area contributed by atoms with E-state index < -0.39 is 6.04 Å². The Hall–Kier alpha value is -8.23. The Morgan fingerprint density at radius 3 is 1.80 bits per heavy atom. The van der Waals surface area contributed by atoms with E-state index in [1.165, 1.54) is 27.4 Å². The van der Waals surface area contributed by atoms with Crippen molar-refractivity contribution in [2.75, 3.05) is 34.4 Å². The number of piperidine rings is 2. The Bertz CT molecular complexity index is 3260. The molecule has 9 aromatic rings. The van der Waals surface area contributed by atoms with Gasteiger partial charge in [0.1, 0.15) is 35.0 Å². The van der Waals surface area contributed by atoms with Crippen LogP contribution in [-0.2, 0) is 25.6 Å². The number of likely N-dealkylation sites (tertiary alicyclic amines) is 1. The Labute approximate surface area is 400 Å². The van der Waals surface area contributed by atoms with Gasteiger partial charge in [-0.3, -0.25) is 34.7 Å². The number of fused-ring (bicyclic) bond motifs is 2. The summed E-state index contributed by atoms with van der Waals surface area (Å²) < 4.78 is 33.6. The van der Waals surface area contributed by atoms with Crippen molar-refractivity contribution < 1.29 is 28.2 Å². The molecule has 0 amide bonds. The second kappa shape index (κ2) is 20.2. The van der Waals surface area contributed by atoms with Crippen molar-refractivity contribution in [2.24, 2.45) is 0 Å². The zero-order valence-electron chi connectivity index (χ0n) is 38.6. The average Bonchev–Trinajstić information content (AvgIpc) is 4.26. The molecule has 0 unspecified atom stereocenters. The summed E-state index contributed by atoms with van der Waals surface area (Å²) >= 11 is 0. The number of aromatic amines is 2. The molecule has 4 atom stereocenters. The SMILES string of the molecule is COC(=O)[C@@H]1CC[C@@H](c2cn(-c3ccc4[nH]nc(-c5ccncc5)c4c3)nn2)CN1.COC(=O)[C@@H]1CC[C@@H](c2cn(-c3ccc4[nH]nc(-c5ccncc5)c4c3)nn2)CN1Cc1c(F)cccc1OC. The molecule has 2 aliphatic rings. The van der Waals surface area contributed by atoms with Gasteiger partial charge in [-0.25, -0.2) is 13.8 Å². The quantitative estimate of drug-likeness (QED) is 0.118. The van der Waals surface area contributed by atoms with Crippen LogP contribution in [0.2, 0.25) is 0 Å². The number of pyridine rings is 2. The normalized spacial score (nSPS) is 18.3. The number of methoxy groups -OCH3 is 3. The molecule has 0 spiro atoms. The maximum absolute atomic E-state index is 14.8. The molecule has 19 nitrogen and oxygen atoms in total. The largest absolute Gasteiger partial charge is 0.496 e. The summed E-state index contributed by atoms with van der Waals surface area (Å²) in [5.74, 6) is -0.275. The van der Waals surface area contributed by atoms with E-state index in [1.54, 1.807) is 46.3 Å². The second-order valence-electron chi connectivity index (χ2n) is 17.2. The van der Waals surface area contributed by atoms with E-state index in [-0.39, 0.29) is 42.2 Å². The van der Waals surface area contributed by atoms with Gasteiger partial charge in [0.2, 0.25) is 0 Å². The van der Waals surface area contributed by atoms with Crippen LogP contribution in [0.3, 0.4) is 0 Å². The number of aromatic nitrogens is 12. The van der Waals surface area contributed by atoms with Gasteiger partial charge in [0.15, 0.2) is 0 Å². The fourth-order valence-corrected chi connectivity index (χ4v) is 9.33. The highest BCUT2D eigenvalue weighted by Gasteiger charge is 2.36. The number of carbonyl (C=O) groups excluding carboxylic acids is 2. The molecule has 20 heteroatoms. The van der Waals surface area contributed by atoms with E-state index in [2.05, 4.69) is 62.4 Å². The molecule has 2 fully saturated rings. The lowest BCUT2D eigenvalue weighted by atomic mass is 9.90. The number of ether oxygens (including phenoxy) is 3. The fourth-order valence-electron chi connectivity index (χ4n) is 9.33. The van der Waals surface area contributed by atoms with E-state index in [4.69, 9.17) is 14.2 Å². The van der Waals surface area contributed by atoms with Gasteiger partial charge in [0, 0.05) is 83.7 Å². The van der Waals surface area contributed by atoms with E-state index in [0.29, 0.717) is 30.8 Å². The highest BCUT2D eigenvalue weighted by Crippen LogP contribution is 2.35. The Balaban J connectivity index is 0.000000169. The van der Waals surface area contributed by atoms with E-state index in [1.807, 2.05) is 71.9 Å². The second-order valence-corrected chi connectivity index (χ2v) is 17.2. The molecule has 0 saturated carbocycles. The number of rotatable bonds is 11. The molecule has 2 saturated heterocycles. The molecule has 8 heterocycles. The predicted octanol–water partition coefficient (Wildman–Crippen LogP) is 6.49. The van der Waals surface area contributed by atoms with Crippen LogP contribution in [-0.4, -0.2) is 124 Å². The minimum Gasteiger partial charge on any atom is -0.496 e. The molecule has 356 valence electrons. The van der Waals surface area contributed by atoms with Crippen LogP contribution in [0.5, 0.6) is 5.75 Å². The number of carbonyl (C=O) groups is 2. The van der Waals surface area contributed by atoms with Crippen LogP contribution < -0.4 is 10.1 Å². The van der Waals surface area contributed by atoms with Gasteiger partial charge in [-0.15, -0.1) is 10.2 Å². The molecular weight excluding hydrogens is 896 g/mol. The standard InChI is InChI=1S/C29H28FN7O3.C21H21N7O2/c1-39-27-5-3-4-23(30)22(27)16-36-15-19(6-9-26(36)29(38)40-2)25-17-37(35-33-25)20-7-8-24-21(14-20)28(34-32-24)18-10-12-31-13-11-18;1-30-21(29)18-4-2-14(11-23-18)19-12-28(27-25-19)15-3-5-17-16(10-15)20(26-24-17)13-6-8-22-9-7-13/h3-5,7-8,10-14,17,19,26H,6,9,15-16H2,1-2H3,(H,32,34);3,5-10,12,14,18,23H,2,4,11H2,1H3,(H,24,26)/t19-,26+;14-,18+/m11/s1. The predicted molar refractivity (Wildman–Crippen MR) is 255 cm³/mol. The third-order valence-corrected chi connectivity index (χ3v) is 13.1. The van der Waals surface area contributed by atoms with E-state index in [9.17, 15) is 14.0 Å². The Morgan fingerprint density at radius 2 is 1.26 bits per heavy atom. The lowest BCUT2D eigenvalue weighted by Crippen LogP contribution is -2.47.